The molecule has 0 spiro atoms. The van der Waals surface area contributed by atoms with E-state index < -0.39 is 0 Å². The number of nitrogens with zero attached hydrogens (tertiary/aromatic N) is 1. The van der Waals surface area contributed by atoms with Crippen LogP contribution in [-0.4, -0.2) is 38.3 Å². The third kappa shape index (κ3) is 10.4. The fraction of sp³-hybridized carbons (Fsp3) is 1.00. The van der Waals surface area contributed by atoms with Crippen LogP contribution in [0.15, 0.2) is 0 Å². The molecule has 0 amide bonds. The van der Waals surface area contributed by atoms with E-state index in [1.807, 2.05) is 7.11 Å². The number of methoxy groups -OCH3 is 1. The molecule has 116 valence electrons. The molecule has 2 atom stereocenters. The predicted molar refractivity (Wildman–Crippen MR) is 85.7 cm³/mol. The van der Waals surface area contributed by atoms with Crippen LogP contribution < -0.4 is 0 Å². The Hall–Kier alpha value is -0.0800. The minimum absolute atomic E-state index is 0.404. The Balaban J connectivity index is 3.92. The Morgan fingerprint density at radius 2 is 1.74 bits per heavy atom. The van der Waals surface area contributed by atoms with Gasteiger partial charge in [0.2, 0.25) is 0 Å². The van der Waals surface area contributed by atoms with E-state index in [0.29, 0.717) is 11.5 Å². The lowest BCUT2D eigenvalue weighted by Crippen LogP contribution is -2.26. The van der Waals surface area contributed by atoms with E-state index in [9.17, 15) is 0 Å². The lowest BCUT2D eigenvalue weighted by atomic mass is 9.79. The number of hydrogen-bond donors (Lipinski definition) is 0. The average Bonchev–Trinajstić information content (AvgIpc) is 2.33. The van der Waals surface area contributed by atoms with Crippen LogP contribution in [-0.2, 0) is 4.74 Å². The first kappa shape index (κ1) is 18.9. The summed E-state index contributed by atoms with van der Waals surface area (Å²) in [7, 11) is 4.05. The first-order valence-corrected chi connectivity index (χ1v) is 8.02. The molecule has 0 bridgehead atoms. The number of rotatable bonds is 11. The molecule has 19 heavy (non-hydrogen) atoms. The maximum absolute atomic E-state index is 5.33. The Labute approximate surface area is 121 Å². The van der Waals surface area contributed by atoms with E-state index in [2.05, 4.69) is 46.6 Å². The molecular formula is C17H37NO. The monoisotopic (exact) mass is 271 g/mol. The normalized spacial score (nSPS) is 15.8. The first-order chi connectivity index (χ1) is 8.80. The van der Waals surface area contributed by atoms with Crippen molar-refractivity contribution in [2.75, 3.05) is 27.2 Å². The molecule has 2 nitrogen and oxygen atoms in total. The smallest absolute Gasteiger partial charge is 0.0543 e. The summed E-state index contributed by atoms with van der Waals surface area (Å²) in [5.74, 6) is 0.795. The SMILES string of the molecule is CCCN(C)CCC(C)(C)CC(C)CCC(C)OC. The van der Waals surface area contributed by atoms with Crippen LogP contribution in [0.2, 0.25) is 0 Å². The van der Waals surface area contributed by atoms with Gasteiger partial charge in [-0.15, -0.1) is 0 Å². The molecule has 0 radical (unpaired) electrons. The third-order valence-corrected chi connectivity index (χ3v) is 4.15. The molecule has 2 unspecified atom stereocenters. The van der Waals surface area contributed by atoms with Gasteiger partial charge in [-0.1, -0.05) is 27.7 Å². The molecule has 2 heteroatoms. The quantitative estimate of drug-likeness (QED) is 0.545. The van der Waals surface area contributed by atoms with Gasteiger partial charge in [0.1, 0.15) is 0 Å². The van der Waals surface area contributed by atoms with Crippen molar-refractivity contribution < 1.29 is 4.74 Å². The fourth-order valence-corrected chi connectivity index (χ4v) is 2.77. The maximum atomic E-state index is 5.33. The van der Waals surface area contributed by atoms with Crippen LogP contribution in [0, 0.1) is 11.3 Å². The van der Waals surface area contributed by atoms with E-state index in [1.54, 1.807) is 0 Å². The summed E-state index contributed by atoms with van der Waals surface area (Å²) in [6.07, 6.45) is 6.74. The van der Waals surface area contributed by atoms with Gasteiger partial charge in [0.15, 0.2) is 0 Å². The van der Waals surface area contributed by atoms with Gasteiger partial charge in [0, 0.05) is 7.11 Å². The molecule has 0 aliphatic heterocycles. The minimum Gasteiger partial charge on any atom is -0.382 e. The van der Waals surface area contributed by atoms with E-state index >= 15 is 0 Å². The Bertz CT molecular complexity index is 215. The van der Waals surface area contributed by atoms with Crippen LogP contribution in [0.1, 0.15) is 66.7 Å². The van der Waals surface area contributed by atoms with Gasteiger partial charge in [-0.3, -0.25) is 0 Å². The van der Waals surface area contributed by atoms with Gasteiger partial charge in [0.25, 0.3) is 0 Å². The van der Waals surface area contributed by atoms with Crippen molar-refractivity contribution in [3.05, 3.63) is 0 Å². The maximum Gasteiger partial charge on any atom is 0.0543 e. The lowest BCUT2D eigenvalue weighted by molar-refractivity contribution is 0.101. The molecule has 0 N–H and O–H groups in total. The van der Waals surface area contributed by atoms with Crippen molar-refractivity contribution in [1.29, 1.82) is 0 Å². The van der Waals surface area contributed by atoms with Gasteiger partial charge < -0.3 is 9.64 Å². The highest BCUT2D eigenvalue weighted by molar-refractivity contribution is 4.74. The predicted octanol–water partition coefficient (Wildman–Crippen LogP) is 4.59. The zero-order valence-electron chi connectivity index (χ0n) is 14.5. The first-order valence-electron chi connectivity index (χ1n) is 8.02. The molecule has 0 aromatic rings. The van der Waals surface area contributed by atoms with Gasteiger partial charge in [-0.2, -0.15) is 0 Å². The molecular weight excluding hydrogens is 234 g/mol. The molecule has 0 fully saturated rings. The molecule has 0 aliphatic carbocycles. The molecule has 0 saturated carbocycles. The van der Waals surface area contributed by atoms with Crippen LogP contribution in [0.5, 0.6) is 0 Å². The number of ether oxygens (including phenoxy) is 1. The Morgan fingerprint density at radius 1 is 1.11 bits per heavy atom. The van der Waals surface area contributed by atoms with Crippen molar-refractivity contribution in [2.45, 2.75) is 72.8 Å². The van der Waals surface area contributed by atoms with Crippen molar-refractivity contribution in [2.24, 2.45) is 11.3 Å². The summed E-state index contributed by atoms with van der Waals surface area (Å²) < 4.78 is 5.33. The molecule has 0 aliphatic rings. The van der Waals surface area contributed by atoms with Crippen molar-refractivity contribution in [3.8, 4) is 0 Å². The highest BCUT2D eigenvalue weighted by atomic mass is 16.5. The Morgan fingerprint density at radius 3 is 2.26 bits per heavy atom. The largest absolute Gasteiger partial charge is 0.382 e. The summed E-state index contributed by atoms with van der Waals surface area (Å²) >= 11 is 0. The fourth-order valence-electron chi connectivity index (χ4n) is 2.77. The molecule has 0 aromatic heterocycles. The highest BCUT2D eigenvalue weighted by Crippen LogP contribution is 2.31. The van der Waals surface area contributed by atoms with E-state index in [4.69, 9.17) is 4.74 Å². The summed E-state index contributed by atoms with van der Waals surface area (Å²) in [6, 6.07) is 0. The minimum atomic E-state index is 0.404. The number of hydrogen-bond acceptors (Lipinski definition) is 2. The molecule has 0 aromatic carbocycles. The van der Waals surface area contributed by atoms with Crippen molar-refractivity contribution >= 4 is 0 Å². The molecule has 0 heterocycles. The third-order valence-electron chi connectivity index (χ3n) is 4.15. The molecule has 0 saturated heterocycles. The summed E-state index contributed by atoms with van der Waals surface area (Å²) in [5.41, 5.74) is 0.456. The summed E-state index contributed by atoms with van der Waals surface area (Å²) in [5, 5.41) is 0. The molecule has 0 rings (SSSR count). The summed E-state index contributed by atoms with van der Waals surface area (Å²) in [4.78, 5) is 2.46. The van der Waals surface area contributed by atoms with E-state index in [0.717, 1.165) is 5.92 Å². The second-order valence-corrected chi connectivity index (χ2v) is 7.15. The topological polar surface area (TPSA) is 12.5 Å². The summed E-state index contributed by atoms with van der Waals surface area (Å²) in [6.45, 7) is 14.1. The lowest BCUT2D eigenvalue weighted by Gasteiger charge is -2.30. The highest BCUT2D eigenvalue weighted by Gasteiger charge is 2.21. The Kier molecular flexibility index (Phi) is 9.72. The zero-order valence-corrected chi connectivity index (χ0v) is 14.5. The van der Waals surface area contributed by atoms with Crippen LogP contribution in [0.3, 0.4) is 0 Å². The van der Waals surface area contributed by atoms with Crippen LogP contribution in [0.25, 0.3) is 0 Å². The van der Waals surface area contributed by atoms with Crippen LogP contribution >= 0.6 is 0 Å². The van der Waals surface area contributed by atoms with Gasteiger partial charge in [0.05, 0.1) is 6.10 Å². The van der Waals surface area contributed by atoms with Crippen LogP contribution in [0.4, 0.5) is 0 Å². The van der Waals surface area contributed by atoms with Crippen molar-refractivity contribution in [1.82, 2.24) is 4.90 Å². The van der Waals surface area contributed by atoms with E-state index in [1.165, 1.54) is 45.2 Å². The van der Waals surface area contributed by atoms with Gasteiger partial charge in [-0.05, 0) is 70.5 Å². The second kappa shape index (κ2) is 9.77. The van der Waals surface area contributed by atoms with Gasteiger partial charge in [-0.25, -0.2) is 0 Å². The van der Waals surface area contributed by atoms with Crippen molar-refractivity contribution in [3.63, 3.8) is 0 Å². The zero-order chi connectivity index (χ0) is 14.9. The average molecular weight is 271 g/mol. The van der Waals surface area contributed by atoms with Gasteiger partial charge >= 0.3 is 0 Å². The standard InChI is InChI=1S/C17H37NO/c1-8-12-18(6)13-11-17(4,5)14-15(2)9-10-16(3)19-7/h15-16H,8-14H2,1-7H3. The second-order valence-electron chi connectivity index (χ2n) is 7.15. The van der Waals surface area contributed by atoms with E-state index in [-0.39, 0.29) is 0 Å².